The molecule has 1 aliphatic heterocycles. The molecule has 192 valence electrons. The highest BCUT2D eigenvalue weighted by Crippen LogP contribution is 2.43. The van der Waals surface area contributed by atoms with E-state index in [-0.39, 0.29) is 23.2 Å². The van der Waals surface area contributed by atoms with Crippen molar-refractivity contribution in [1.82, 2.24) is 0 Å². The molecule has 0 saturated carbocycles. The lowest BCUT2D eigenvalue weighted by molar-refractivity contribution is -0.132. The van der Waals surface area contributed by atoms with Gasteiger partial charge in [0.2, 0.25) is 0 Å². The minimum absolute atomic E-state index is 0.00705. The maximum atomic E-state index is 13.4. The second-order valence-electron chi connectivity index (χ2n) is 9.14. The lowest BCUT2D eigenvalue weighted by atomic mass is 9.95. The molecule has 7 heteroatoms. The quantitative estimate of drug-likeness (QED) is 0.236. The van der Waals surface area contributed by atoms with Crippen molar-refractivity contribution >= 4 is 28.8 Å². The molecular weight excluding hydrogens is 468 g/mol. The number of hydrogen-bond acceptors (Lipinski definition) is 6. The number of nitrogens with zero attached hydrogens (tertiary/aromatic N) is 2. The molecule has 0 spiro atoms. The lowest BCUT2D eigenvalue weighted by Gasteiger charge is -2.27. The van der Waals surface area contributed by atoms with Crippen molar-refractivity contribution in [2.24, 2.45) is 0 Å². The first-order valence-electron chi connectivity index (χ1n) is 12.5. The molecule has 0 radical (unpaired) electrons. The number of carbonyl (C=O) groups excluding carboxylic acids is 2. The molecule has 1 fully saturated rings. The summed E-state index contributed by atoms with van der Waals surface area (Å²) in [6, 6.07) is 19.6. The largest absolute Gasteiger partial charge is 0.508 e. The molecule has 0 aromatic heterocycles. The Morgan fingerprint density at radius 2 is 1.51 bits per heavy atom. The van der Waals surface area contributed by atoms with Gasteiger partial charge in [-0.1, -0.05) is 12.1 Å². The van der Waals surface area contributed by atoms with Crippen LogP contribution in [0.1, 0.15) is 44.9 Å². The second-order valence-corrected chi connectivity index (χ2v) is 9.14. The Morgan fingerprint density at radius 1 is 0.919 bits per heavy atom. The Balaban J connectivity index is 1.82. The Labute approximate surface area is 217 Å². The number of benzene rings is 3. The first kappa shape index (κ1) is 25.8. The van der Waals surface area contributed by atoms with Gasteiger partial charge in [0.25, 0.3) is 11.7 Å². The van der Waals surface area contributed by atoms with Crippen LogP contribution in [0.15, 0.2) is 78.4 Å². The number of rotatable bonds is 8. The van der Waals surface area contributed by atoms with Crippen LogP contribution in [0, 0.1) is 0 Å². The number of amides is 1. The van der Waals surface area contributed by atoms with E-state index in [1.54, 1.807) is 36.4 Å². The summed E-state index contributed by atoms with van der Waals surface area (Å²) >= 11 is 0. The van der Waals surface area contributed by atoms with Gasteiger partial charge in [0.15, 0.2) is 0 Å². The summed E-state index contributed by atoms with van der Waals surface area (Å²) in [5.41, 5.74) is 2.52. The van der Waals surface area contributed by atoms with Gasteiger partial charge < -0.3 is 19.8 Å². The van der Waals surface area contributed by atoms with E-state index in [9.17, 15) is 19.8 Å². The molecule has 2 N–H and O–H groups in total. The third-order valence-electron chi connectivity index (χ3n) is 6.41. The molecule has 1 aliphatic rings. The van der Waals surface area contributed by atoms with Gasteiger partial charge in [0.1, 0.15) is 17.3 Å². The zero-order valence-electron chi connectivity index (χ0n) is 21.5. The summed E-state index contributed by atoms with van der Waals surface area (Å²) in [5.74, 6) is -1.07. The number of Topliss-reactive ketones (excluding diaryl/α,β-unsaturated/α-hetero) is 1. The van der Waals surface area contributed by atoms with Crippen LogP contribution in [0.4, 0.5) is 11.4 Å². The molecule has 3 aromatic carbocycles. The smallest absolute Gasteiger partial charge is 0.300 e. The average Bonchev–Trinajstić information content (AvgIpc) is 3.15. The fourth-order valence-electron chi connectivity index (χ4n) is 4.60. The van der Waals surface area contributed by atoms with Crippen molar-refractivity contribution < 1.29 is 24.5 Å². The number of phenolic OH excluding ortho intramolecular Hbond substituents is 1. The van der Waals surface area contributed by atoms with Gasteiger partial charge in [-0.3, -0.25) is 14.5 Å². The number of anilines is 2. The number of ether oxygens (including phenoxy) is 1. The Kier molecular flexibility index (Phi) is 7.53. The molecule has 3 aromatic rings. The van der Waals surface area contributed by atoms with Crippen LogP contribution >= 0.6 is 0 Å². The third-order valence-corrected chi connectivity index (χ3v) is 6.41. The monoisotopic (exact) mass is 500 g/mol. The van der Waals surface area contributed by atoms with E-state index in [0.717, 1.165) is 18.8 Å². The molecule has 0 bridgehead atoms. The Hall–Kier alpha value is -4.26. The van der Waals surface area contributed by atoms with E-state index in [1.165, 1.54) is 17.0 Å². The van der Waals surface area contributed by atoms with Crippen LogP contribution in [0.5, 0.6) is 11.5 Å². The van der Waals surface area contributed by atoms with Crippen LogP contribution in [-0.2, 0) is 9.59 Å². The highest BCUT2D eigenvalue weighted by molar-refractivity contribution is 6.51. The molecule has 37 heavy (non-hydrogen) atoms. The number of aromatic hydroxyl groups is 1. The van der Waals surface area contributed by atoms with Crippen molar-refractivity contribution in [2.75, 3.05) is 22.9 Å². The highest BCUT2D eigenvalue weighted by Gasteiger charge is 2.47. The summed E-state index contributed by atoms with van der Waals surface area (Å²) in [6.07, 6.45) is -0.00705. The second kappa shape index (κ2) is 10.8. The Morgan fingerprint density at radius 3 is 2.05 bits per heavy atom. The standard InChI is InChI=1S/C30H32N2O5/c1-5-31(6-2)22-11-13-23(14-12-22)32-27(20-7-15-24(33)16-8-20)26(29(35)30(32)36)28(34)21-9-17-25(18-10-21)37-19(3)4/h7-19,27,33-34H,5-6H2,1-4H3/b28-26+. The molecule has 0 aliphatic carbocycles. The van der Waals surface area contributed by atoms with Gasteiger partial charge in [-0.2, -0.15) is 0 Å². The summed E-state index contributed by atoms with van der Waals surface area (Å²) in [5, 5.41) is 21.1. The molecule has 1 saturated heterocycles. The van der Waals surface area contributed by atoms with E-state index < -0.39 is 17.7 Å². The topological polar surface area (TPSA) is 90.3 Å². The molecule has 1 atom stereocenters. The van der Waals surface area contributed by atoms with Crippen molar-refractivity contribution in [1.29, 1.82) is 0 Å². The number of ketones is 1. The van der Waals surface area contributed by atoms with Gasteiger partial charge in [-0.05, 0) is 93.9 Å². The van der Waals surface area contributed by atoms with Crippen molar-refractivity contribution in [3.63, 3.8) is 0 Å². The lowest BCUT2D eigenvalue weighted by Crippen LogP contribution is -2.29. The highest BCUT2D eigenvalue weighted by atomic mass is 16.5. The fraction of sp³-hybridized carbons (Fsp3) is 0.267. The maximum Gasteiger partial charge on any atom is 0.300 e. The van der Waals surface area contributed by atoms with Gasteiger partial charge >= 0.3 is 0 Å². The van der Waals surface area contributed by atoms with Crippen LogP contribution in [-0.4, -0.2) is 41.1 Å². The zero-order chi connectivity index (χ0) is 26.7. The number of phenols is 1. The molecular formula is C30H32N2O5. The summed E-state index contributed by atoms with van der Waals surface area (Å²) in [6.45, 7) is 9.66. The molecule has 7 nitrogen and oxygen atoms in total. The van der Waals surface area contributed by atoms with E-state index in [1.807, 2.05) is 38.1 Å². The predicted octanol–water partition coefficient (Wildman–Crippen LogP) is 5.65. The normalized spacial score (nSPS) is 16.9. The van der Waals surface area contributed by atoms with Crippen molar-refractivity contribution in [3.05, 3.63) is 89.5 Å². The summed E-state index contributed by atoms with van der Waals surface area (Å²) < 4.78 is 5.68. The third kappa shape index (κ3) is 5.16. The minimum atomic E-state index is -0.869. The van der Waals surface area contributed by atoms with Crippen LogP contribution in [0.25, 0.3) is 5.76 Å². The SMILES string of the molecule is CCN(CC)c1ccc(N2C(=O)C(=O)/C(=C(/O)c3ccc(OC(C)C)cc3)C2c2ccc(O)cc2)cc1. The molecule has 1 amide bonds. The van der Waals surface area contributed by atoms with Crippen LogP contribution in [0.3, 0.4) is 0 Å². The van der Waals surface area contributed by atoms with Crippen LogP contribution < -0.4 is 14.5 Å². The number of carbonyl (C=O) groups is 2. The summed E-state index contributed by atoms with van der Waals surface area (Å²) in [4.78, 5) is 30.3. The Bertz CT molecular complexity index is 1290. The van der Waals surface area contributed by atoms with E-state index in [2.05, 4.69) is 18.7 Å². The number of aliphatic hydroxyl groups is 1. The average molecular weight is 501 g/mol. The first-order valence-corrected chi connectivity index (χ1v) is 12.5. The zero-order valence-corrected chi connectivity index (χ0v) is 21.5. The number of aliphatic hydroxyl groups excluding tert-OH is 1. The van der Waals surface area contributed by atoms with Gasteiger partial charge in [-0.15, -0.1) is 0 Å². The first-order chi connectivity index (χ1) is 17.7. The van der Waals surface area contributed by atoms with Crippen molar-refractivity contribution in [3.8, 4) is 11.5 Å². The fourth-order valence-corrected chi connectivity index (χ4v) is 4.60. The van der Waals surface area contributed by atoms with Gasteiger partial charge in [0, 0.05) is 30.0 Å². The molecule has 1 heterocycles. The molecule has 1 unspecified atom stereocenters. The number of hydrogen-bond donors (Lipinski definition) is 2. The van der Waals surface area contributed by atoms with E-state index >= 15 is 0 Å². The van der Waals surface area contributed by atoms with E-state index in [4.69, 9.17) is 4.74 Å². The summed E-state index contributed by atoms with van der Waals surface area (Å²) in [7, 11) is 0. The van der Waals surface area contributed by atoms with Gasteiger partial charge in [-0.25, -0.2) is 0 Å². The van der Waals surface area contributed by atoms with Gasteiger partial charge in [0.05, 0.1) is 17.7 Å². The molecule has 4 rings (SSSR count). The van der Waals surface area contributed by atoms with E-state index in [0.29, 0.717) is 22.6 Å². The van der Waals surface area contributed by atoms with Crippen LogP contribution in [0.2, 0.25) is 0 Å². The van der Waals surface area contributed by atoms with Crippen molar-refractivity contribution in [2.45, 2.75) is 39.8 Å². The predicted molar refractivity (Wildman–Crippen MR) is 145 cm³/mol. The minimum Gasteiger partial charge on any atom is -0.508 e. The maximum absolute atomic E-state index is 13.4.